The first-order valence-electron chi connectivity index (χ1n) is 1.96. The third kappa shape index (κ3) is 4.22. The average molecular weight is 150 g/mol. The first kappa shape index (κ1) is 6.22. The van der Waals surface area contributed by atoms with Crippen LogP contribution in [0.5, 0.6) is 0 Å². The lowest BCUT2D eigenvalue weighted by Crippen LogP contribution is -1.62. The van der Waals surface area contributed by atoms with Gasteiger partial charge in [-0.15, -0.1) is 0 Å². The van der Waals surface area contributed by atoms with Crippen LogP contribution in [0.3, 0.4) is 0 Å². The maximum Gasteiger partial charge on any atom is 0.0214 e. The Morgan fingerprint density at radius 3 is 2.17 bits per heavy atom. The maximum absolute atomic E-state index is 3.27. The van der Waals surface area contributed by atoms with E-state index in [0.29, 0.717) is 0 Å². The largest absolute Gasteiger partial charge is 0.0883 e. The molecule has 0 aromatic rings. The molecule has 0 aliphatic heterocycles. The van der Waals surface area contributed by atoms with Gasteiger partial charge in [0.2, 0.25) is 0 Å². The Hall–Kier alpha value is 0.220. The van der Waals surface area contributed by atoms with E-state index in [1.165, 1.54) is 5.57 Å². The highest BCUT2D eigenvalue weighted by atomic mass is 79.9. The van der Waals surface area contributed by atoms with E-state index >= 15 is 0 Å². The van der Waals surface area contributed by atoms with Crippen molar-refractivity contribution in [3.8, 4) is 0 Å². The van der Waals surface area contributed by atoms with Gasteiger partial charge in [-0.05, 0) is 13.8 Å². The SMILES string of the molecule is CC(C)=C[13CH2]Br. The molecule has 0 saturated carbocycles. The van der Waals surface area contributed by atoms with Crippen LogP contribution in [0.2, 0.25) is 0 Å². The quantitative estimate of drug-likeness (QED) is 0.305. The zero-order valence-electron chi connectivity index (χ0n) is 4.16. The molecule has 36 valence electrons. The molecule has 0 heterocycles. The van der Waals surface area contributed by atoms with Crippen molar-refractivity contribution < 1.29 is 0 Å². The van der Waals surface area contributed by atoms with Gasteiger partial charge in [0.15, 0.2) is 0 Å². The van der Waals surface area contributed by atoms with Crippen LogP contribution in [0.15, 0.2) is 11.6 Å². The van der Waals surface area contributed by atoms with E-state index in [-0.39, 0.29) is 0 Å². The van der Waals surface area contributed by atoms with Gasteiger partial charge in [0, 0.05) is 5.33 Å². The second kappa shape index (κ2) is 3.41. The number of rotatable bonds is 1. The molecule has 0 fully saturated rings. The fourth-order valence-electron chi connectivity index (χ4n) is 0.154. The summed E-state index contributed by atoms with van der Waals surface area (Å²) >= 11 is 3.27. The van der Waals surface area contributed by atoms with Crippen molar-refractivity contribution in [1.29, 1.82) is 0 Å². The summed E-state index contributed by atoms with van der Waals surface area (Å²) in [5, 5.41) is 0.981. The fourth-order valence-corrected chi connectivity index (χ4v) is 0.802. The van der Waals surface area contributed by atoms with Gasteiger partial charge in [-0.25, -0.2) is 0 Å². The van der Waals surface area contributed by atoms with E-state index < -0.39 is 0 Å². The minimum absolute atomic E-state index is 0.981. The minimum atomic E-state index is 0.981. The van der Waals surface area contributed by atoms with Crippen molar-refractivity contribution in [2.45, 2.75) is 13.8 Å². The molecule has 0 amide bonds. The molecule has 0 aromatic carbocycles. The summed E-state index contributed by atoms with van der Waals surface area (Å²) in [5.74, 6) is 0. The topological polar surface area (TPSA) is 0 Å². The molecule has 1 heteroatoms. The molecule has 6 heavy (non-hydrogen) atoms. The number of alkyl halides is 1. The van der Waals surface area contributed by atoms with Gasteiger partial charge in [-0.1, -0.05) is 27.6 Å². The molecular formula is C5H9Br. The van der Waals surface area contributed by atoms with E-state index in [4.69, 9.17) is 0 Å². The van der Waals surface area contributed by atoms with Crippen LogP contribution in [-0.2, 0) is 0 Å². The molecule has 0 N–H and O–H groups in total. The Bertz CT molecular complexity index is 51.0. The summed E-state index contributed by atoms with van der Waals surface area (Å²) in [7, 11) is 0. The lowest BCUT2D eigenvalue weighted by molar-refractivity contribution is 1.37. The van der Waals surface area contributed by atoms with Crippen LogP contribution in [0, 0.1) is 0 Å². The van der Waals surface area contributed by atoms with Crippen LogP contribution in [0.1, 0.15) is 13.8 Å². The van der Waals surface area contributed by atoms with Crippen molar-refractivity contribution in [2.24, 2.45) is 0 Å². The van der Waals surface area contributed by atoms with Crippen LogP contribution in [0.4, 0.5) is 0 Å². The number of allylic oxidation sites excluding steroid dienone is 2. The molecule has 0 bridgehead atoms. The number of halogens is 1. The molecule has 0 spiro atoms. The van der Waals surface area contributed by atoms with Crippen molar-refractivity contribution in [1.82, 2.24) is 0 Å². The summed E-state index contributed by atoms with van der Waals surface area (Å²) in [6.45, 7) is 4.17. The molecule has 0 unspecified atom stereocenters. The zero-order chi connectivity index (χ0) is 4.99. The highest BCUT2D eigenvalue weighted by molar-refractivity contribution is 9.09. The highest BCUT2D eigenvalue weighted by Crippen LogP contribution is 1.89. The van der Waals surface area contributed by atoms with Crippen molar-refractivity contribution in [2.75, 3.05) is 5.33 Å². The Morgan fingerprint density at radius 2 is 2.17 bits per heavy atom. The smallest absolute Gasteiger partial charge is 0.0214 e. The molecule has 0 saturated heterocycles. The van der Waals surface area contributed by atoms with Crippen molar-refractivity contribution >= 4 is 15.9 Å². The van der Waals surface area contributed by atoms with E-state index in [0.717, 1.165) is 5.33 Å². The molecule has 0 atom stereocenters. The Labute approximate surface area is 47.4 Å². The lowest BCUT2D eigenvalue weighted by Gasteiger charge is -1.79. The zero-order valence-corrected chi connectivity index (χ0v) is 5.75. The first-order chi connectivity index (χ1) is 2.77. The molecule has 0 aliphatic carbocycles. The average Bonchev–Trinajstić information content (AvgIpc) is 1.35. The second-order valence-corrected chi connectivity index (χ2v) is 2.08. The van der Waals surface area contributed by atoms with Crippen molar-refractivity contribution in [3.05, 3.63) is 11.6 Å². The molecule has 0 nitrogen and oxygen atoms in total. The number of hydrogen-bond acceptors (Lipinski definition) is 0. The van der Waals surface area contributed by atoms with E-state index in [9.17, 15) is 0 Å². The molecule has 0 aromatic heterocycles. The summed E-state index contributed by atoms with van der Waals surface area (Å²) in [6.07, 6.45) is 2.12. The van der Waals surface area contributed by atoms with Gasteiger partial charge in [-0.2, -0.15) is 0 Å². The van der Waals surface area contributed by atoms with Crippen LogP contribution in [-0.4, -0.2) is 5.33 Å². The molecule has 0 rings (SSSR count). The van der Waals surface area contributed by atoms with Crippen molar-refractivity contribution in [3.63, 3.8) is 0 Å². The van der Waals surface area contributed by atoms with Gasteiger partial charge < -0.3 is 0 Å². The minimum Gasteiger partial charge on any atom is -0.0883 e. The second-order valence-electron chi connectivity index (χ2n) is 1.44. The van der Waals surface area contributed by atoms with E-state index in [2.05, 4.69) is 35.9 Å². The monoisotopic (exact) mass is 149 g/mol. The van der Waals surface area contributed by atoms with Crippen LogP contribution >= 0.6 is 15.9 Å². The van der Waals surface area contributed by atoms with Gasteiger partial charge >= 0.3 is 0 Å². The highest BCUT2D eigenvalue weighted by Gasteiger charge is 1.68. The fraction of sp³-hybridized carbons (Fsp3) is 0.600. The summed E-state index contributed by atoms with van der Waals surface area (Å²) in [6, 6.07) is 0. The van der Waals surface area contributed by atoms with Gasteiger partial charge in [0.1, 0.15) is 0 Å². The van der Waals surface area contributed by atoms with Gasteiger partial charge in [-0.3, -0.25) is 0 Å². The van der Waals surface area contributed by atoms with Crippen LogP contribution in [0.25, 0.3) is 0 Å². The Kier molecular flexibility index (Phi) is 3.54. The predicted octanol–water partition coefficient (Wildman–Crippen LogP) is 2.35. The first-order valence-corrected chi connectivity index (χ1v) is 3.09. The summed E-state index contributed by atoms with van der Waals surface area (Å²) in [5.41, 5.74) is 1.37. The standard InChI is InChI=1S/C5H9Br/c1-5(2)3-4-6/h3H,4H2,1-2H3/i4+1. The Morgan fingerprint density at radius 1 is 1.67 bits per heavy atom. The Balaban J connectivity index is 3.14. The summed E-state index contributed by atoms with van der Waals surface area (Å²) in [4.78, 5) is 0. The molecular weight excluding hydrogens is 141 g/mol. The molecule has 0 radical (unpaired) electrons. The van der Waals surface area contributed by atoms with Gasteiger partial charge in [0.25, 0.3) is 0 Å². The third-order valence-corrected chi connectivity index (χ3v) is 0.809. The van der Waals surface area contributed by atoms with E-state index in [1.54, 1.807) is 0 Å². The van der Waals surface area contributed by atoms with E-state index in [1.807, 2.05) is 0 Å². The lowest BCUT2D eigenvalue weighted by atomic mass is 10.4. The summed E-state index contributed by atoms with van der Waals surface area (Å²) < 4.78 is 0. The third-order valence-electron chi connectivity index (χ3n) is 0.485. The number of hydrogen-bond donors (Lipinski definition) is 0. The maximum atomic E-state index is 3.27. The van der Waals surface area contributed by atoms with Gasteiger partial charge in [0.05, 0.1) is 0 Å². The molecule has 0 aliphatic rings. The normalized spacial score (nSPS) is 7.83. The predicted molar refractivity (Wildman–Crippen MR) is 33.2 cm³/mol. The van der Waals surface area contributed by atoms with Crippen LogP contribution < -0.4 is 0 Å².